The summed E-state index contributed by atoms with van der Waals surface area (Å²) >= 11 is 0. The number of allylic oxidation sites excluding steroid dienone is 1. The van der Waals surface area contributed by atoms with Crippen LogP contribution in [0.4, 0.5) is 5.69 Å². The molecule has 0 aromatic heterocycles. The van der Waals surface area contributed by atoms with Crippen molar-refractivity contribution in [2.45, 2.75) is 86.2 Å². The summed E-state index contributed by atoms with van der Waals surface area (Å²) in [5, 5.41) is 9.50. The molecule has 3 rings (SSSR count). The lowest BCUT2D eigenvalue weighted by molar-refractivity contribution is 0.0000960. The lowest BCUT2D eigenvalue weighted by atomic mass is 9.66. The third-order valence-electron chi connectivity index (χ3n) is 8.08. The molecule has 0 radical (unpaired) electrons. The Balaban J connectivity index is 0.00000341. The maximum absolute atomic E-state index is 9.50. The number of hydrogen-bond donors (Lipinski definition) is 1. The fourth-order valence-corrected chi connectivity index (χ4v) is 5.97. The van der Waals surface area contributed by atoms with Crippen molar-refractivity contribution in [3.63, 3.8) is 0 Å². The van der Waals surface area contributed by atoms with Gasteiger partial charge in [0, 0.05) is 31.2 Å². The van der Waals surface area contributed by atoms with Crippen LogP contribution < -0.4 is 11.1 Å². The first-order valence-electron chi connectivity index (χ1n) is 11.6. The van der Waals surface area contributed by atoms with Gasteiger partial charge >= 0.3 is 0 Å². The van der Waals surface area contributed by atoms with E-state index in [0.29, 0.717) is 6.04 Å². The number of rotatable bonds is 2. The van der Waals surface area contributed by atoms with Crippen molar-refractivity contribution in [1.82, 2.24) is 11.1 Å². The molecule has 0 spiro atoms. The molecule has 4 nitrogen and oxygen atoms in total. The summed E-state index contributed by atoms with van der Waals surface area (Å²) in [6.45, 7) is 22.5. The van der Waals surface area contributed by atoms with Gasteiger partial charge in [0.2, 0.25) is 0 Å². The quantitative estimate of drug-likeness (QED) is 0.546. The zero-order valence-electron chi connectivity index (χ0n) is 21.2. The molecule has 2 aliphatic heterocycles. The maximum atomic E-state index is 9.50. The highest BCUT2D eigenvalue weighted by Crippen LogP contribution is 2.47. The summed E-state index contributed by atoms with van der Waals surface area (Å²) in [6, 6.07) is 11.0. The van der Waals surface area contributed by atoms with Crippen molar-refractivity contribution < 1.29 is 0 Å². The molecule has 0 saturated carbocycles. The van der Waals surface area contributed by atoms with Gasteiger partial charge in [0.1, 0.15) is 6.07 Å². The Hall–Kier alpha value is -1.83. The van der Waals surface area contributed by atoms with E-state index >= 15 is 0 Å². The highest BCUT2D eigenvalue weighted by molar-refractivity contribution is 5.59. The minimum atomic E-state index is 0. The van der Waals surface area contributed by atoms with Crippen molar-refractivity contribution >= 4 is 5.69 Å². The average molecular weight is 425 g/mol. The maximum Gasteiger partial charge on any atom is 0.101 e. The van der Waals surface area contributed by atoms with Crippen LogP contribution >= 0.6 is 0 Å². The van der Waals surface area contributed by atoms with E-state index in [1.54, 1.807) is 11.1 Å². The number of piperidine rings is 1. The lowest BCUT2D eigenvalue weighted by Crippen LogP contribution is -2.58. The van der Waals surface area contributed by atoms with Gasteiger partial charge in [-0.05, 0) is 69.9 Å². The Morgan fingerprint density at radius 3 is 2.03 bits per heavy atom. The number of anilines is 1. The SMILES string of the molecule is CC1=C(C)C(C)(C)CC(C)(C)N(C2CCN(c3ccccc3C#N)CC2)CC1(C)C.N. The summed E-state index contributed by atoms with van der Waals surface area (Å²) in [7, 11) is 0. The highest BCUT2D eigenvalue weighted by Gasteiger charge is 2.44. The number of para-hydroxylation sites is 1. The summed E-state index contributed by atoms with van der Waals surface area (Å²) in [6.07, 6.45) is 3.49. The molecule has 172 valence electrons. The molecular weight excluding hydrogens is 380 g/mol. The van der Waals surface area contributed by atoms with Gasteiger partial charge in [-0.15, -0.1) is 0 Å². The predicted molar refractivity (Wildman–Crippen MR) is 133 cm³/mol. The Labute approximate surface area is 190 Å². The van der Waals surface area contributed by atoms with Crippen LogP contribution in [0.1, 0.15) is 80.2 Å². The molecule has 2 aliphatic rings. The van der Waals surface area contributed by atoms with Crippen LogP contribution in [0.25, 0.3) is 0 Å². The average Bonchev–Trinajstić information content (AvgIpc) is 2.69. The molecule has 1 fully saturated rings. The highest BCUT2D eigenvalue weighted by atomic mass is 15.3. The topological polar surface area (TPSA) is 65.3 Å². The Morgan fingerprint density at radius 2 is 1.45 bits per heavy atom. The smallest absolute Gasteiger partial charge is 0.101 e. The van der Waals surface area contributed by atoms with Gasteiger partial charge in [0.25, 0.3) is 0 Å². The molecule has 1 saturated heterocycles. The first kappa shape index (κ1) is 25.4. The molecule has 0 amide bonds. The molecular formula is C27H44N4. The van der Waals surface area contributed by atoms with Gasteiger partial charge in [-0.2, -0.15) is 5.26 Å². The van der Waals surface area contributed by atoms with E-state index in [0.717, 1.165) is 43.7 Å². The summed E-state index contributed by atoms with van der Waals surface area (Å²) in [5.41, 5.74) is 5.55. The third kappa shape index (κ3) is 4.99. The number of hydrogen-bond acceptors (Lipinski definition) is 4. The van der Waals surface area contributed by atoms with Crippen LogP contribution in [0.3, 0.4) is 0 Å². The van der Waals surface area contributed by atoms with Crippen molar-refractivity contribution in [1.29, 1.82) is 5.26 Å². The molecule has 4 heteroatoms. The summed E-state index contributed by atoms with van der Waals surface area (Å²) in [5.74, 6) is 0. The van der Waals surface area contributed by atoms with Crippen LogP contribution in [0.2, 0.25) is 0 Å². The molecule has 31 heavy (non-hydrogen) atoms. The number of benzene rings is 1. The molecule has 0 aliphatic carbocycles. The molecule has 3 N–H and O–H groups in total. The van der Waals surface area contributed by atoms with Crippen molar-refractivity contribution in [2.75, 3.05) is 24.5 Å². The van der Waals surface area contributed by atoms with E-state index in [2.05, 4.69) is 77.3 Å². The van der Waals surface area contributed by atoms with Gasteiger partial charge < -0.3 is 11.1 Å². The molecule has 0 bridgehead atoms. The van der Waals surface area contributed by atoms with E-state index in [-0.39, 0.29) is 22.5 Å². The monoisotopic (exact) mass is 424 g/mol. The van der Waals surface area contributed by atoms with Crippen molar-refractivity contribution in [2.24, 2.45) is 10.8 Å². The summed E-state index contributed by atoms with van der Waals surface area (Å²) in [4.78, 5) is 5.24. The van der Waals surface area contributed by atoms with E-state index in [4.69, 9.17) is 0 Å². The predicted octanol–water partition coefficient (Wildman–Crippen LogP) is 6.56. The second-order valence-corrected chi connectivity index (χ2v) is 11.5. The fourth-order valence-electron chi connectivity index (χ4n) is 5.97. The van der Waals surface area contributed by atoms with Crippen LogP contribution in [0, 0.1) is 22.2 Å². The van der Waals surface area contributed by atoms with Crippen LogP contribution in [-0.2, 0) is 0 Å². The molecule has 0 unspecified atom stereocenters. The molecule has 1 aromatic carbocycles. The summed E-state index contributed by atoms with van der Waals surface area (Å²) < 4.78 is 0. The van der Waals surface area contributed by atoms with Gasteiger partial charge in [-0.25, -0.2) is 0 Å². The normalized spacial score (nSPS) is 24.0. The van der Waals surface area contributed by atoms with Gasteiger partial charge in [0.15, 0.2) is 0 Å². The minimum Gasteiger partial charge on any atom is -0.370 e. The Morgan fingerprint density at radius 1 is 0.903 bits per heavy atom. The van der Waals surface area contributed by atoms with Gasteiger partial charge in [-0.1, -0.05) is 51.0 Å². The molecule has 2 heterocycles. The van der Waals surface area contributed by atoms with Gasteiger partial charge in [-0.3, -0.25) is 4.90 Å². The fraction of sp³-hybridized carbons (Fsp3) is 0.667. The Kier molecular flexibility index (Phi) is 7.35. The van der Waals surface area contributed by atoms with Gasteiger partial charge in [0.05, 0.1) is 11.3 Å². The minimum absolute atomic E-state index is 0. The zero-order valence-corrected chi connectivity index (χ0v) is 21.2. The van der Waals surface area contributed by atoms with Crippen LogP contribution in [-0.4, -0.2) is 36.1 Å². The van der Waals surface area contributed by atoms with E-state index in [9.17, 15) is 5.26 Å². The lowest BCUT2D eigenvalue weighted by Gasteiger charge is -2.54. The van der Waals surface area contributed by atoms with Crippen molar-refractivity contribution in [3.8, 4) is 6.07 Å². The first-order chi connectivity index (χ1) is 13.9. The zero-order chi connectivity index (χ0) is 22.3. The van der Waals surface area contributed by atoms with Crippen LogP contribution in [0.15, 0.2) is 35.4 Å². The van der Waals surface area contributed by atoms with Crippen molar-refractivity contribution in [3.05, 3.63) is 41.0 Å². The number of nitrogens with zero attached hydrogens (tertiary/aromatic N) is 3. The first-order valence-corrected chi connectivity index (χ1v) is 11.6. The second-order valence-electron chi connectivity index (χ2n) is 11.5. The Bertz CT molecular complexity index is 848. The van der Waals surface area contributed by atoms with E-state index in [1.807, 2.05) is 18.2 Å². The van der Waals surface area contributed by atoms with E-state index < -0.39 is 0 Å². The van der Waals surface area contributed by atoms with E-state index in [1.165, 1.54) is 6.42 Å². The third-order valence-corrected chi connectivity index (χ3v) is 8.08. The standard InChI is InChI=1S/C27H41N3.H3N/c1-20-21(2)26(5,6)19-30(27(7,8)18-25(20,3)4)23-13-15-29(16-14-23)24-12-10-9-11-22(24)17-28;/h9-12,23H,13-16,18-19H2,1-8H3;1H3. The largest absolute Gasteiger partial charge is 0.370 e. The number of nitriles is 1. The molecule has 0 atom stereocenters. The second kappa shape index (κ2) is 8.96. The van der Waals surface area contributed by atoms with Crippen LogP contribution in [0.5, 0.6) is 0 Å². The molecule has 1 aromatic rings.